The van der Waals surface area contributed by atoms with Crippen LogP contribution in [0.25, 0.3) is 11.4 Å². The lowest BCUT2D eigenvalue weighted by atomic mass is 9.87. The zero-order valence-electron chi connectivity index (χ0n) is 15.8. The van der Waals surface area contributed by atoms with Crippen LogP contribution in [0.2, 0.25) is 0 Å². The van der Waals surface area contributed by atoms with Crippen molar-refractivity contribution in [3.05, 3.63) is 29.8 Å². The van der Waals surface area contributed by atoms with Gasteiger partial charge >= 0.3 is 0 Å². The summed E-state index contributed by atoms with van der Waals surface area (Å²) >= 11 is 1.43. The van der Waals surface area contributed by atoms with Gasteiger partial charge in [-0.1, -0.05) is 63.7 Å². The second kappa shape index (κ2) is 8.52. The molecule has 0 bridgehead atoms. The zero-order valence-corrected chi connectivity index (χ0v) is 16.6. The van der Waals surface area contributed by atoms with Crippen LogP contribution >= 0.6 is 11.8 Å². The Balaban J connectivity index is 2.15. The number of amides is 1. The van der Waals surface area contributed by atoms with Crippen molar-refractivity contribution in [1.29, 1.82) is 0 Å². The summed E-state index contributed by atoms with van der Waals surface area (Å²) in [6.45, 7) is 12.2. The van der Waals surface area contributed by atoms with Crippen LogP contribution in [0.4, 0.5) is 0 Å². The first-order valence-electron chi connectivity index (χ1n) is 8.80. The van der Waals surface area contributed by atoms with E-state index >= 15 is 0 Å². The summed E-state index contributed by atoms with van der Waals surface area (Å²) in [6.07, 6.45) is 0.941. The summed E-state index contributed by atoms with van der Waals surface area (Å²) in [5, 5.41) is 12.3. The van der Waals surface area contributed by atoms with Gasteiger partial charge in [0.2, 0.25) is 5.91 Å². The van der Waals surface area contributed by atoms with Crippen LogP contribution in [-0.2, 0) is 16.8 Å². The smallest absolute Gasteiger partial charge is 0.230 e. The van der Waals surface area contributed by atoms with Crippen molar-refractivity contribution in [2.24, 2.45) is 0 Å². The lowest BCUT2D eigenvalue weighted by Crippen LogP contribution is -2.25. The van der Waals surface area contributed by atoms with Gasteiger partial charge in [-0.3, -0.25) is 4.79 Å². The van der Waals surface area contributed by atoms with E-state index in [4.69, 9.17) is 0 Å². The third kappa shape index (κ3) is 5.08. The lowest BCUT2D eigenvalue weighted by Gasteiger charge is -2.19. The van der Waals surface area contributed by atoms with E-state index in [2.05, 4.69) is 72.0 Å². The van der Waals surface area contributed by atoms with E-state index < -0.39 is 0 Å². The molecule has 6 heteroatoms. The highest BCUT2D eigenvalue weighted by Gasteiger charge is 2.17. The summed E-state index contributed by atoms with van der Waals surface area (Å²) < 4.78 is 2.06. The van der Waals surface area contributed by atoms with Gasteiger partial charge in [-0.05, 0) is 24.3 Å². The maximum Gasteiger partial charge on any atom is 0.230 e. The van der Waals surface area contributed by atoms with Crippen LogP contribution in [0.1, 0.15) is 46.6 Å². The Hall–Kier alpha value is -1.82. The van der Waals surface area contributed by atoms with Gasteiger partial charge in [0, 0.05) is 18.7 Å². The highest BCUT2D eigenvalue weighted by atomic mass is 32.2. The first kappa shape index (κ1) is 19.5. The molecule has 0 aliphatic carbocycles. The summed E-state index contributed by atoms with van der Waals surface area (Å²) in [5.41, 5.74) is 2.47. The molecule has 0 spiro atoms. The number of hydrogen-bond acceptors (Lipinski definition) is 4. The van der Waals surface area contributed by atoms with E-state index in [0.717, 1.165) is 29.5 Å². The molecule has 0 aliphatic rings. The largest absolute Gasteiger partial charge is 0.355 e. The van der Waals surface area contributed by atoms with Crippen molar-refractivity contribution in [3.8, 4) is 11.4 Å². The van der Waals surface area contributed by atoms with Crippen molar-refractivity contribution in [1.82, 2.24) is 20.1 Å². The van der Waals surface area contributed by atoms with Crippen LogP contribution in [0.5, 0.6) is 0 Å². The van der Waals surface area contributed by atoms with Crippen LogP contribution < -0.4 is 5.32 Å². The molecule has 0 atom stereocenters. The number of carbonyl (C=O) groups is 1. The molecule has 0 unspecified atom stereocenters. The topological polar surface area (TPSA) is 59.8 Å². The molecule has 1 aromatic heterocycles. The molecule has 1 aromatic carbocycles. The molecule has 0 aliphatic heterocycles. The summed E-state index contributed by atoms with van der Waals surface area (Å²) in [5.74, 6) is 1.24. The Morgan fingerprint density at radius 3 is 2.40 bits per heavy atom. The summed E-state index contributed by atoms with van der Waals surface area (Å²) in [4.78, 5) is 11.8. The molecule has 1 heterocycles. The fraction of sp³-hybridized carbons (Fsp3) is 0.526. The number of carbonyl (C=O) groups excluding carboxylic acids is 1. The van der Waals surface area contributed by atoms with Gasteiger partial charge < -0.3 is 9.88 Å². The first-order valence-corrected chi connectivity index (χ1v) is 9.79. The van der Waals surface area contributed by atoms with Gasteiger partial charge in [-0.2, -0.15) is 0 Å². The standard InChI is InChI=1S/C19H28N4OS/c1-6-12-20-16(24)13-25-18-22-21-17(23(18)7-2)14-8-10-15(11-9-14)19(3,4)5/h8-11H,6-7,12-13H2,1-5H3,(H,20,24). The Kier molecular flexibility index (Phi) is 6.64. The van der Waals surface area contributed by atoms with Crippen molar-refractivity contribution < 1.29 is 4.79 Å². The van der Waals surface area contributed by atoms with E-state index in [1.807, 2.05) is 6.92 Å². The predicted molar refractivity (Wildman–Crippen MR) is 104 cm³/mol. The average molecular weight is 361 g/mol. The van der Waals surface area contributed by atoms with Gasteiger partial charge in [0.25, 0.3) is 0 Å². The van der Waals surface area contributed by atoms with Crippen molar-refractivity contribution in [2.45, 2.75) is 58.2 Å². The molecular formula is C19H28N4OS. The van der Waals surface area contributed by atoms with Gasteiger partial charge in [0.15, 0.2) is 11.0 Å². The number of nitrogens with one attached hydrogen (secondary N) is 1. The molecule has 2 aromatic rings. The number of nitrogens with zero attached hydrogens (tertiary/aromatic N) is 3. The molecule has 0 fully saturated rings. The second-order valence-electron chi connectivity index (χ2n) is 7.02. The summed E-state index contributed by atoms with van der Waals surface area (Å²) in [7, 11) is 0. The van der Waals surface area contributed by atoms with Crippen LogP contribution in [0, 0.1) is 0 Å². The van der Waals surface area contributed by atoms with E-state index in [0.29, 0.717) is 12.3 Å². The monoisotopic (exact) mass is 360 g/mol. The van der Waals surface area contributed by atoms with E-state index in [1.165, 1.54) is 17.3 Å². The van der Waals surface area contributed by atoms with Crippen LogP contribution in [-0.4, -0.2) is 33.0 Å². The minimum atomic E-state index is 0.0357. The first-order chi connectivity index (χ1) is 11.9. The third-order valence-corrected chi connectivity index (χ3v) is 4.91. The number of thioether (sulfide) groups is 1. The minimum Gasteiger partial charge on any atom is -0.355 e. The van der Waals surface area contributed by atoms with Gasteiger partial charge in [0.1, 0.15) is 0 Å². The predicted octanol–water partition coefficient (Wildman–Crippen LogP) is 3.88. The molecule has 1 N–H and O–H groups in total. The average Bonchev–Trinajstić information content (AvgIpc) is 3.00. The number of rotatable bonds is 7. The van der Waals surface area contributed by atoms with Crippen LogP contribution in [0.15, 0.2) is 29.4 Å². The Morgan fingerprint density at radius 2 is 1.84 bits per heavy atom. The Morgan fingerprint density at radius 1 is 1.16 bits per heavy atom. The molecule has 2 rings (SSSR count). The normalized spacial score (nSPS) is 11.6. The minimum absolute atomic E-state index is 0.0357. The third-order valence-electron chi connectivity index (χ3n) is 3.95. The number of aromatic nitrogens is 3. The second-order valence-corrected chi connectivity index (χ2v) is 7.96. The molecule has 0 saturated carbocycles. The molecule has 0 radical (unpaired) electrons. The highest BCUT2D eigenvalue weighted by Crippen LogP contribution is 2.27. The molecule has 25 heavy (non-hydrogen) atoms. The van der Waals surface area contributed by atoms with E-state index in [9.17, 15) is 4.79 Å². The molecular weight excluding hydrogens is 332 g/mol. The summed E-state index contributed by atoms with van der Waals surface area (Å²) in [6, 6.07) is 8.49. The molecule has 0 saturated heterocycles. The molecule has 1 amide bonds. The Labute approximate surface area is 154 Å². The molecule has 136 valence electrons. The van der Waals surface area contributed by atoms with Crippen molar-refractivity contribution in [2.75, 3.05) is 12.3 Å². The Bertz CT molecular complexity index is 701. The highest BCUT2D eigenvalue weighted by molar-refractivity contribution is 7.99. The van der Waals surface area contributed by atoms with Gasteiger partial charge in [-0.25, -0.2) is 0 Å². The van der Waals surface area contributed by atoms with Crippen LogP contribution in [0.3, 0.4) is 0 Å². The van der Waals surface area contributed by atoms with Gasteiger partial charge in [0.05, 0.1) is 5.75 Å². The van der Waals surface area contributed by atoms with E-state index in [-0.39, 0.29) is 11.3 Å². The zero-order chi connectivity index (χ0) is 18.4. The fourth-order valence-electron chi connectivity index (χ4n) is 2.46. The fourth-order valence-corrected chi connectivity index (χ4v) is 3.29. The van der Waals surface area contributed by atoms with Crippen molar-refractivity contribution >= 4 is 17.7 Å². The SMILES string of the molecule is CCCNC(=O)CSc1nnc(-c2ccc(C(C)(C)C)cc2)n1CC. The number of benzene rings is 1. The maximum atomic E-state index is 11.8. The maximum absolute atomic E-state index is 11.8. The number of hydrogen-bond donors (Lipinski definition) is 1. The van der Waals surface area contributed by atoms with Crippen molar-refractivity contribution in [3.63, 3.8) is 0 Å². The quantitative estimate of drug-likeness (QED) is 0.761. The van der Waals surface area contributed by atoms with E-state index in [1.54, 1.807) is 0 Å². The lowest BCUT2D eigenvalue weighted by molar-refractivity contribution is -0.118. The van der Waals surface area contributed by atoms with Gasteiger partial charge in [-0.15, -0.1) is 10.2 Å². The molecule has 5 nitrogen and oxygen atoms in total.